The molecule has 1 heterocycles. The molecule has 0 amide bonds. The summed E-state index contributed by atoms with van der Waals surface area (Å²) >= 11 is 2.30. The first-order chi connectivity index (χ1) is 8.79. The highest BCUT2D eigenvalue weighted by molar-refractivity contribution is 14.1. The lowest BCUT2D eigenvalue weighted by atomic mass is 10.2. The lowest BCUT2D eigenvalue weighted by Crippen LogP contribution is -1.91. The summed E-state index contributed by atoms with van der Waals surface area (Å²) in [4.78, 5) is 7.94. The summed E-state index contributed by atoms with van der Waals surface area (Å²) in [6.45, 7) is 0. The van der Waals surface area contributed by atoms with Gasteiger partial charge in [0.2, 0.25) is 0 Å². The van der Waals surface area contributed by atoms with E-state index in [2.05, 4.69) is 32.6 Å². The van der Waals surface area contributed by atoms with E-state index >= 15 is 0 Å². The third kappa shape index (κ3) is 1.86. The number of imidazole rings is 1. The first kappa shape index (κ1) is 11.5. The molecule has 4 heteroatoms. The fourth-order valence-corrected chi connectivity index (χ4v) is 2.70. The van der Waals surface area contributed by atoms with Gasteiger partial charge in [0.1, 0.15) is 11.6 Å². The Hall–Kier alpha value is -1.56. The first-order valence-electron chi connectivity index (χ1n) is 5.57. The van der Waals surface area contributed by atoms with E-state index < -0.39 is 0 Å². The number of H-pyrrole nitrogens is 1. The minimum Gasteiger partial charge on any atom is -0.496 e. The van der Waals surface area contributed by atoms with E-state index in [1.165, 1.54) is 0 Å². The molecule has 3 nitrogen and oxygen atoms in total. The molecule has 18 heavy (non-hydrogen) atoms. The van der Waals surface area contributed by atoms with Crippen LogP contribution < -0.4 is 4.74 Å². The molecule has 0 radical (unpaired) electrons. The van der Waals surface area contributed by atoms with E-state index in [4.69, 9.17) is 4.74 Å². The Kier molecular flexibility index (Phi) is 2.95. The lowest BCUT2D eigenvalue weighted by Gasteiger charge is -2.07. The number of para-hydroxylation sites is 2. The van der Waals surface area contributed by atoms with Crippen LogP contribution in [0.1, 0.15) is 0 Å². The number of aromatic nitrogens is 2. The number of benzene rings is 2. The van der Waals surface area contributed by atoms with Crippen molar-refractivity contribution in [2.75, 3.05) is 7.11 Å². The zero-order valence-corrected chi connectivity index (χ0v) is 11.9. The van der Waals surface area contributed by atoms with E-state index in [9.17, 15) is 0 Å². The SMILES string of the molecule is COc1cccc(I)c1-c1nc2ccccc2[nH]1. The minimum absolute atomic E-state index is 0.834. The monoisotopic (exact) mass is 350 g/mol. The largest absolute Gasteiger partial charge is 0.496 e. The molecule has 1 aromatic heterocycles. The highest BCUT2D eigenvalue weighted by atomic mass is 127. The molecule has 2 aromatic carbocycles. The Balaban J connectivity index is 2.25. The van der Waals surface area contributed by atoms with Crippen LogP contribution in [0.2, 0.25) is 0 Å². The van der Waals surface area contributed by atoms with Crippen LogP contribution in [-0.4, -0.2) is 17.1 Å². The molecular formula is C14H11IN2O. The number of hydrogen-bond donors (Lipinski definition) is 1. The van der Waals surface area contributed by atoms with Gasteiger partial charge in [-0.3, -0.25) is 0 Å². The van der Waals surface area contributed by atoms with Crippen LogP contribution >= 0.6 is 22.6 Å². The van der Waals surface area contributed by atoms with Gasteiger partial charge in [-0.25, -0.2) is 4.98 Å². The molecule has 0 unspecified atom stereocenters. The molecule has 0 aliphatic rings. The number of halogens is 1. The summed E-state index contributed by atoms with van der Waals surface area (Å²) in [5.74, 6) is 1.68. The van der Waals surface area contributed by atoms with Gasteiger partial charge in [0.25, 0.3) is 0 Å². The highest BCUT2D eigenvalue weighted by Crippen LogP contribution is 2.33. The van der Waals surface area contributed by atoms with Gasteiger partial charge < -0.3 is 9.72 Å². The molecule has 0 aliphatic carbocycles. The second-order valence-corrected chi connectivity index (χ2v) is 5.08. The van der Waals surface area contributed by atoms with E-state index in [1.807, 2.05) is 42.5 Å². The molecule has 1 N–H and O–H groups in total. The second kappa shape index (κ2) is 4.61. The molecule has 0 saturated heterocycles. The van der Waals surface area contributed by atoms with Crippen molar-refractivity contribution >= 4 is 33.6 Å². The maximum atomic E-state index is 5.41. The van der Waals surface area contributed by atoms with E-state index in [0.29, 0.717) is 0 Å². The highest BCUT2D eigenvalue weighted by Gasteiger charge is 2.13. The number of ether oxygens (including phenoxy) is 1. The van der Waals surface area contributed by atoms with Crippen LogP contribution in [0, 0.1) is 3.57 Å². The molecule has 0 bridgehead atoms. The van der Waals surface area contributed by atoms with Crippen molar-refractivity contribution in [2.45, 2.75) is 0 Å². The summed E-state index contributed by atoms with van der Waals surface area (Å²) in [7, 11) is 1.68. The maximum Gasteiger partial charge on any atom is 0.143 e. The van der Waals surface area contributed by atoms with Gasteiger partial charge in [-0.2, -0.15) is 0 Å². The van der Waals surface area contributed by atoms with Gasteiger partial charge >= 0.3 is 0 Å². The fourth-order valence-electron chi connectivity index (χ4n) is 1.98. The molecule has 3 rings (SSSR count). The normalized spacial score (nSPS) is 10.8. The third-order valence-electron chi connectivity index (χ3n) is 2.82. The number of fused-ring (bicyclic) bond motifs is 1. The van der Waals surface area contributed by atoms with E-state index in [-0.39, 0.29) is 0 Å². The summed E-state index contributed by atoms with van der Waals surface area (Å²) in [5, 5.41) is 0. The van der Waals surface area contributed by atoms with Crippen molar-refractivity contribution in [1.29, 1.82) is 0 Å². The summed E-state index contributed by atoms with van der Waals surface area (Å²) in [5.41, 5.74) is 3.01. The smallest absolute Gasteiger partial charge is 0.143 e. The van der Waals surface area contributed by atoms with Crippen molar-refractivity contribution in [3.05, 3.63) is 46.0 Å². The molecule has 3 aromatic rings. The van der Waals surface area contributed by atoms with Crippen LogP contribution in [-0.2, 0) is 0 Å². The van der Waals surface area contributed by atoms with Crippen LogP contribution in [0.25, 0.3) is 22.4 Å². The lowest BCUT2D eigenvalue weighted by molar-refractivity contribution is 0.416. The number of nitrogens with one attached hydrogen (secondary N) is 1. The van der Waals surface area contributed by atoms with Crippen LogP contribution in [0.15, 0.2) is 42.5 Å². The summed E-state index contributed by atoms with van der Waals surface area (Å²) in [6, 6.07) is 14.0. The first-order valence-corrected chi connectivity index (χ1v) is 6.65. The average molecular weight is 350 g/mol. The van der Waals surface area contributed by atoms with Crippen LogP contribution in [0.3, 0.4) is 0 Å². The predicted molar refractivity (Wildman–Crippen MR) is 80.8 cm³/mol. The molecule has 0 saturated carbocycles. The molecular weight excluding hydrogens is 339 g/mol. The van der Waals surface area contributed by atoms with Crippen molar-refractivity contribution in [3.63, 3.8) is 0 Å². The Morgan fingerprint density at radius 3 is 2.72 bits per heavy atom. The van der Waals surface area contributed by atoms with Crippen molar-refractivity contribution in [3.8, 4) is 17.1 Å². The summed E-state index contributed by atoms with van der Waals surface area (Å²) in [6.07, 6.45) is 0. The standard InChI is InChI=1S/C14H11IN2O/c1-18-12-8-4-5-9(15)13(12)14-16-10-6-2-3-7-11(10)17-14/h2-8H,1H3,(H,16,17). The average Bonchev–Trinajstić information content (AvgIpc) is 2.81. The Labute approximate surface area is 118 Å². The zero-order valence-electron chi connectivity index (χ0n) is 9.77. The van der Waals surface area contributed by atoms with Crippen molar-refractivity contribution < 1.29 is 4.74 Å². The van der Waals surface area contributed by atoms with Crippen LogP contribution in [0.4, 0.5) is 0 Å². The van der Waals surface area contributed by atoms with E-state index in [0.717, 1.165) is 31.7 Å². The number of hydrogen-bond acceptors (Lipinski definition) is 2. The number of rotatable bonds is 2. The third-order valence-corrected chi connectivity index (χ3v) is 3.72. The minimum atomic E-state index is 0.834. The number of methoxy groups -OCH3 is 1. The zero-order chi connectivity index (χ0) is 12.5. The van der Waals surface area contributed by atoms with Gasteiger partial charge in [0.15, 0.2) is 0 Å². The number of aromatic amines is 1. The molecule has 0 fully saturated rings. The summed E-state index contributed by atoms with van der Waals surface area (Å²) < 4.78 is 6.53. The van der Waals surface area contributed by atoms with Crippen molar-refractivity contribution in [2.24, 2.45) is 0 Å². The topological polar surface area (TPSA) is 37.9 Å². The second-order valence-electron chi connectivity index (χ2n) is 3.92. The van der Waals surface area contributed by atoms with Crippen molar-refractivity contribution in [1.82, 2.24) is 9.97 Å². The van der Waals surface area contributed by atoms with Gasteiger partial charge in [-0.05, 0) is 46.9 Å². The molecule has 0 aliphatic heterocycles. The van der Waals surface area contributed by atoms with Crippen LogP contribution in [0.5, 0.6) is 5.75 Å². The Morgan fingerprint density at radius 2 is 1.94 bits per heavy atom. The molecule has 90 valence electrons. The molecule has 0 spiro atoms. The van der Waals surface area contributed by atoms with Gasteiger partial charge in [0, 0.05) is 3.57 Å². The fraction of sp³-hybridized carbons (Fsp3) is 0.0714. The quantitative estimate of drug-likeness (QED) is 0.713. The predicted octanol–water partition coefficient (Wildman–Crippen LogP) is 3.84. The van der Waals surface area contributed by atoms with Gasteiger partial charge in [-0.1, -0.05) is 18.2 Å². The Morgan fingerprint density at radius 1 is 1.11 bits per heavy atom. The number of nitrogens with zero attached hydrogens (tertiary/aromatic N) is 1. The molecule has 0 atom stereocenters. The Bertz CT molecular complexity index is 673. The van der Waals surface area contributed by atoms with E-state index in [1.54, 1.807) is 7.11 Å². The van der Waals surface area contributed by atoms with Gasteiger partial charge in [-0.15, -0.1) is 0 Å². The van der Waals surface area contributed by atoms with Gasteiger partial charge in [0.05, 0.1) is 23.7 Å². The maximum absolute atomic E-state index is 5.41.